The van der Waals surface area contributed by atoms with Crippen molar-refractivity contribution < 1.29 is 152 Å². The predicted octanol–water partition coefficient (Wildman–Crippen LogP) is -7.01. The molecule has 0 unspecified atom stereocenters. The number of hydrogen-bond donors (Lipinski definition) is 0. The molecular formula is H11CsLaO5V. The Labute approximate surface area is 148 Å². The average molecular weight is 414 g/mol. The monoisotopic (exact) mass is 414 g/mol. The van der Waals surface area contributed by atoms with Crippen LogP contribution in [0.3, 0.4) is 0 Å². The van der Waals surface area contributed by atoms with Gasteiger partial charge in [-0.1, -0.05) is 0 Å². The molecule has 0 rings (SSSR count). The Morgan fingerprint density at radius 1 is 0.625 bits per heavy atom. The molecule has 10 N–H and O–H groups in total. The van der Waals surface area contributed by atoms with Gasteiger partial charge in [0.15, 0.2) is 0 Å². The van der Waals surface area contributed by atoms with E-state index in [1.165, 1.54) is 0 Å². The first-order valence-electron chi connectivity index (χ1n) is 0. The van der Waals surface area contributed by atoms with Crippen molar-refractivity contribution in [1.82, 2.24) is 0 Å². The molecule has 0 bridgehead atoms. The van der Waals surface area contributed by atoms with Gasteiger partial charge in [0.25, 0.3) is 0 Å². The van der Waals surface area contributed by atoms with Crippen LogP contribution in [-0.2, 0) is 18.6 Å². The van der Waals surface area contributed by atoms with Crippen LogP contribution < -0.4 is 68.9 Å². The summed E-state index contributed by atoms with van der Waals surface area (Å²) >= 11 is 0. The van der Waals surface area contributed by atoms with Gasteiger partial charge in [-0.2, -0.15) is 0 Å². The molecule has 0 spiro atoms. The van der Waals surface area contributed by atoms with Crippen LogP contribution in [-0.4, -0.2) is 27.4 Å². The molecule has 0 heterocycles. The van der Waals surface area contributed by atoms with E-state index in [1.54, 1.807) is 0 Å². The molecule has 0 aromatic heterocycles. The van der Waals surface area contributed by atoms with Gasteiger partial charge >= 0.3 is 68.9 Å². The van der Waals surface area contributed by atoms with Gasteiger partial charge < -0.3 is 28.8 Å². The molecule has 0 aliphatic carbocycles. The van der Waals surface area contributed by atoms with E-state index in [-0.39, 0.29) is 152 Å². The summed E-state index contributed by atoms with van der Waals surface area (Å²) in [6.45, 7) is 0. The largest absolute Gasteiger partial charge is 1.00 e. The topological polar surface area (TPSA) is 158 Å². The molecule has 8 heavy (non-hydrogen) atoms. The maximum absolute atomic E-state index is 0. The molecule has 0 saturated carbocycles. The van der Waals surface area contributed by atoms with Crippen molar-refractivity contribution in [2.75, 3.05) is 0 Å². The smallest absolute Gasteiger partial charge is 1.00 e. The normalized spacial score (nSPS) is 0. The summed E-state index contributed by atoms with van der Waals surface area (Å²) in [5.74, 6) is 0. The van der Waals surface area contributed by atoms with Crippen LogP contribution in [0.5, 0.6) is 0 Å². The third kappa shape index (κ3) is 54.4. The van der Waals surface area contributed by atoms with Crippen molar-refractivity contribution in [2.24, 2.45) is 0 Å². The van der Waals surface area contributed by atoms with Crippen LogP contribution in [0.1, 0.15) is 1.43 Å². The van der Waals surface area contributed by atoms with Gasteiger partial charge in [-0.05, 0) is 0 Å². The fraction of sp³-hybridized carbons (Fsp3) is 0. The molecule has 0 saturated heterocycles. The fourth-order valence-corrected chi connectivity index (χ4v) is 0. The predicted molar refractivity (Wildman–Crippen MR) is 19.2 cm³/mol. The molecule has 2 radical (unpaired) electrons. The van der Waals surface area contributed by atoms with E-state index >= 15 is 0 Å². The zero-order valence-electron chi connectivity index (χ0n) is 5.52. The molecule has 5 nitrogen and oxygen atoms in total. The summed E-state index contributed by atoms with van der Waals surface area (Å²) in [6.07, 6.45) is 0. The van der Waals surface area contributed by atoms with Crippen molar-refractivity contribution in [3.05, 3.63) is 0 Å². The first-order chi connectivity index (χ1) is 0. The summed E-state index contributed by atoms with van der Waals surface area (Å²) in [5.41, 5.74) is 0. The Balaban J connectivity index is 0. The van der Waals surface area contributed by atoms with Crippen molar-refractivity contribution in [3.63, 3.8) is 0 Å². The van der Waals surface area contributed by atoms with Crippen LogP contribution in [0.25, 0.3) is 0 Å². The van der Waals surface area contributed by atoms with Gasteiger partial charge in [0.05, 0.1) is 0 Å². The second-order valence-electron chi connectivity index (χ2n) is 0. The molecule has 0 amide bonds. The fourth-order valence-electron chi connectivity index (χ4n) is 0. The zero-order chi connectivity index (χ0) is 0. The Kier molecular flexibility index (Phi) is 932. The molecule has 50 valence electrons. The van der Waals surface area contributed by atoms with Gasteiger partial charge in [0.2, 0.25) is 0 Å². The minimum atomic E-state index is 0. The van der Waals surface area contributed by atoms with Gasteiger partial charge in [0, 0.05) is 54.2 Å². The van der Waals surface area contributed by atoms with Crippen molar-refractivity contribution >= 4 is 0 Å². The molecule has 8 heteroatoms. The van der Waals surface area contributed by atoms with Crippen molar-refractivity contribution in [1.29, 1.82) is 0 Å². The standard InChI is InChI=1S/Cs.La.5H2O.V.H/h;;5*1H2;;/q+1;;;;;;;;-1. The van der Waals surface area contributed by atoms with Gasteiger partial charge in [0.1, 0.15) is 0 Å². The number of hydrogen-bond acceptors (Lipinski definition) is 0. The SMILES string of the molecule is O.O.O.O.O.[Cs+].[H-].[La].[V]. The van der Waals surface area contributed by atoms with Crippen molar-refractivity contribution in [2.45, 2.75) is 0 Å². The van der Waals surface area contributed by atoms with E-state index in [9.17, 15) is 0 Å². The van der Waals surface area contributed by atoms with Crippen LogP contribution in [0, 0.1) is 35.6 Å². The van der Waals surface area contributed by atoms with Crippen LogP contribution >= 0.6 is 0 Å². The van der Waals surface area contributed by atoms with Gasteiger partial charge in [-0.25, -0.2) is 0 Å². The van der Waals surface area contributed by atoms with E-state index in [0.29, 0.717) is 0 Å². The first kappa shape index (κ1) is 99.7. The van der Waals surface area contributed by atoms with E-state index in [1.807, 2.05) is 0 Å². The van der Waals surface area contributed by atoms with Crippen molar-refractivity contribution in [3.8, 4) is 0 Å². The zero-order valence-corrected chi connectivity index (χ0v) is 15.8. The average Bonchev–Trinajstić information content (AvgIpc) is 0. The van der Waals surface area contributed by atoms with Crippen LogP contribution in [0.4, 0.5) is 0 Å². The van der Waals surface area contributed by atoms with Crippen LogP contribution in [0.2, 0.25) is 0 Å². The third-order valence-corrected chi connectivity index (χ3v) is 0. The van der Waals surface area contributed by atoms with Crippen LogP contribution in [0.15, 0.2) is 0 Å². The molecule has 0 aliphatic heterocycles. The summed E-state index contributed by atoms with van der Waals surface area (Å²) in [5, 5.41) is 0. The Morgan fingerprint density at radius 3 is 0.625 bits per heavy atom. The Morgan fingerprint density at radius 2 is 0.625 bits per heavy atom. The van der Waals surface area contributed by atoms with E-state index in [2.05, 4.69) is 0 Å². The Hall–Kier alpha value is 3.63. The summed E-state index contributed by atoms with van der Waals surface area (Å²) in [7, 11) is 0. The minimum absolute atomic E-state index is 0. The maximum atomic E-state index is 0. The summed E-state index contributed by atoms with van der Waals surface area (Å²) in [6, 6.07) is 0. The molecule has 0 atom stereocenters. The second kappa shape index (κ2) is 74.8. The van der Waals surface area contributed by atoms with Gasteiger partial charge in [-0.3, -0.25) is 0 Å². The molecule has 0 fully saturated rings. The van der Waals surface area contributed by atoms with Gasteiger partial charge in [-0.15, -0.1) is 0 Å². The molecular weight excluding hydrogens is 403 g/mol. The maximum Gasteiger partial charge on any atom is 1.00 e. The first-order valence-corrected chi connectivity index (χ1v) is 0. The molecule has 0 aromatic rings. The second-order valence-corrected chi connectivity index (χ2v) is 0. The summed E-state index contributed by atoms with van der Waals surface area (Å²) in [4.78, 5) is 0. The summed E-state index contributed by atoms with van der Waals surface area (Å²) < 4.78 is 0. The van der Waals surface area contributed by atoms with E-state index in [4.69, 9.17) is 0 Å². The minimum Gasteiger partial charge on any atom is -1.00 e. The number of rotatable bonds is 0. The van der Waals surface area contributed by atoms with E-state index < -0.39 is 0 Å². The quantitative estimate of drug-likeness (QED) is 0.370. The Bertz CT molecular complexity index is 16.9. The third-order valence-electron chi connectivity index (χ3n) is 0. The molecule has 0 aliphatic rings. The molecule has 0 aromatic carbocycles. The van der Waals surface area contributed by atoms with E-state index in [0.717, 1.165) is 0 Å².